The van der Waals surface area contributed by atoms with Crippen LogP contribution in [0, 0.1) is 6.92 Å². The summed E-state index contributed by atoms with van der Waals surface area (Å²) in [7, 11) is 1.54. The molecule has 24 heavy (non-hydrogen) atoms. The van der Waals surface area contributed by atoms with Gasteiger partial charge in [0.1, 0.15) is 6.61 Å². The minimum absolute atomic E-state index is 0.295. The summed E-state index contributed by atoms with van der Waals surface area (Å²) in [6.07, 6.45) is 4.26. The second-order valence-corrected chi connectivity index (χ2v) is 5.45. The molecule has 0 radical (unpaired) electrons. The number of nitrogens with zero attached hydrogens (tertiary/aromatic N) is 3. The van der Waals surface area contributed by atoms with Crippen LogP contribution < -0.4 is 9.47 Å². The summed E-state index contributed by atoms with van der Waals surface area (Å²) < 4.78 is 11.0. The number of hydrogen-bond acceptors (Lipinski definition) is 5. The normalized spacial score (nSPS) is 10.4. The molecule has 3 aromatic rings. The molecule has 2 aromatic heterocycles. The monoisotopic (exact) mass is 321 g/mol. The molecule has 0 aliphatic rings. The van der Waals surface area contributed by atoms with E-state index in [-0.39, 0.29) is 0 Å². The van der Waals surface area contributed by atoms with Crippen LogP contribution in [-0.4, -0.2) is 22.1 Å². The molecule has 5 nitrogen and oxygen atoms in total. The number of methoxy groups -OCH3 is 1. The molecule has 0 spiro atoms. The molecule has 0 aliphatic heterocycles. The first kappa shape index (κ1) is 15.9. The highest BCUT2D eigenvalue weighted by molar-refractivity contribution is 5.31. The summed E-state index contributed by atoms with van der Waals surface area (Å²) >= 11 is 0. The lowest BCUT2D eigenvalue weighted by molar-refractivity contribution is 0.281. The molecule has 122 valence electrons. The van der Waals surface area contributed by atoms with E-state index in [1.165, 1.54) is 0 Å². The number of pyridine rings is 1. The summed E-state index contributed by atoms with van der Waals surface area (Å²) in [6, 6.07) is 14.3. The topological polar surface area (TPSA) is 57.1 Å². The second kappa shape index (κ2) is 7.55. The van der Waals surface area contributed by atoms with Crippen LogP contribution in [0.15, 0.2) is 54.9 Å². The van der Waals surface area contributed by atoms with Crippen LogP contribution in [0.1, 0.15) is 22.4 Å². The van der Waals surface area contributed by atoms with Crippen LogP contribution in [0.2, 0.25) is 0 Å². The third-order valence-electron chi connectivity index (χ3n) is 3.57. The predicted molar refractivity (Wildman–Crippen MR) is 91.1 cm³/mol. The van der Waals surface area contributed by atoms with Crippen LogP contribution in [-0.2, 0) is 13.0 Å². The van der Waals surface area contributed by atoms with Gasteiger partial charge in [0, 0.05) is 30.1 Å². The average molecular weight is 321 g/mol. The highest BCUT2D eigenvalue weighted by Crippen LogP contribution is 2.22. The Morgan fingerprint density at radius 3 is 2.46 bits per heavy atom. The van der Waals surface area contributed by atoms with Gasteiger partial charge in [-0.3, -0.25) is 4.98 Å². The van der Waals surface area contributed by atoms with Gasteiger partial charge in [-0.1, -0.05) is 36.4 Å². The summed E-state index contributed by atoms with van der Waals surface area (Å²) in [5, 5.41) is 0. The minimum Gasteiger partial charge on any atom is -0.472 e. The standard InChI is InChI=1S/C19H19N3O2/c1-14-8-9-16(11-20-14)10-17-12-21-19(23-2)22-18(17)24-13-15-6-4-3-5-7-15/h3-9,11-12H,10,13H2,1-2H3. The molecule has 0 N–H and O–H groups in total. The predicted octanol–water partition coefficient (Wildman–Crippen LogP) is 3.36. The first-order valence-corrected chi connectivity index (χ1v) is 7.73. The van der Waals surface area contributed by atoms with Crippen LogP contribution >= 0.6 is 0 Å². The van der Waals surface area contributed by atoms with E-state index in [1.54, 1.807) is 13.3 Å². The zero-order valence-electron chi connectivity index (χ0n) is 13.8. The SMILES string of the molecule is COc1ncc(Cc2ccc(C)nc2)c(OCc2ccccc2)n1. The van der Waals surface area contributed by atoms with E-state index >= 15 is 0 Å². The molecule has 0 bridgehead atoms. The van der Waals surface area contributed by atoms with Crippen molar-refractivity contribution in [1.82, 2.24) is 15.0 Å². The number of ether oxygens (including phenoxy) is 2. The fourth-order valence-corrected chi connectivity index (χ4v) is 2.27. The van der Waals surface area contributed by atoms with Crippen molar-refractivity contribution >= 4 is 0 Å². The maximum Gasteiger partial charge on any atom is 0.319 e. The quantitative estimate of drug-likeness (QED) is 0.697. The zero-order chi connectivity index (χ0) is 16.8. The first-order chi connectivity index (χ1) is 11.7. The van der Waals surface area contributed by atoms with Crippen molar-refractivity contribution in [2.24, 2.45) is 0 Å². The molecule has 0 unspecified atom stereocenters. The van der Waals surface area contributed by atoms with E-state index in [0.717, 1.165) is 22.4 Å². The summed E-state index contributed by atoms with van der Waals surface area (Å²) in [6.45, 7) is 2.41. The van der Waals surface area contributed by atoms with Crippen molar-refractivity contribution in [2.45, 2.75) is 20.0 Å². The lowest BCUT2D eigenvalue weighted by Gasteiger charge is -2.11. The number of aromatic nitrogens is 3. The highest BCUT2D eigenvalue weighted by Gasteiger charge is 2.11. The first-order valence-electron chi connectivity index (χ1n) is 7.73. The van der Waals surface area contributed by atoms with Crippen molar-refractivity contribution in [3.63, 3.8) is 0 Å². The van der Waals surface area contributed by atoms with Gasteiger partial charge in [0.25, 0.3) is 0 Å². The Hall–Kier alpha value is -2.95. The molecular formula is C19H19N3O2. The van der Waals surface area contributed by atoms with Crippen LogP contribution in [0.3, 0.4) is 0 Å². The molecule has 0 saturated carbocycles. The van der Waals surface area contributed by atoms with Gasteiger partial charge >= 0.3 is 6.01 Å². The van der Waals surface area contributed by atoms with E-state index in [4.69, 9.17) is 9.47 Å². The molecule has 0 saturated heterocycles. The maximum atomic E-state index is 5.91. The second-order valence-electron chi connectivity index (χ2n) is 5.45. The molecule has 0 atom stereocenters. The van der Waals surface area contributed by atoms with Crippen molar-refractivity contribution in [3.8, 4) is 11.9 Å². The third kappa shape index (κ3) is 4.07. The molecule has 5 heteroatoms. The fraction of sp³-hybridized carbons (Fsp3) is 0.211. The van der Waals surface area contributed by atoms with Gasteiger partial charge in [-0.2, -0.15) is 4.98 Å². The Morgan fingerprint density at radius 2 is 1.75 bits per heavy atom. The molecule has 3 rings (SSSR count). The molecule has 0 fully saturated rings. The highest BCUT2D eigenvalue weighted by atomic mass is 16.5. The lowest BCUT2D eigenvalue weighted by atomic mass is 10.1. The maximum absolute atomic E-state index is 5.91. The van der Waals surface area contributed by atoms with E-state index in [0.29, 0.717) is 24.9 Å². The van der Waals surface area contributed by atoms with Gasteiger partial charge < -0.3 is 9.47 Å². The van der Waals surface area contributed by atoms with Crippen LogP contribution in [0.5, 0.6) is 11.9 Å². The molecular weight excluding hydrogens is 302 g/mol. The fourth-order valence-electron chi connectivity index (χ4n) is 2.27. The van der Waals surface area contributed by atoms with Crippen molar-refractivity contribution in [2.75, 3.05) is 7.11 Å². The number of aryl methyl sites for hydroxylation is 1. The Labute approximate surface area is 141 Å². The van der Waals surface area contributed by atoms with Crippen molar-refractivity contribution in [1.29, 1.82) is 0 Å². The van der Waals surface area contributed by atoms with Crippen molar-refractivity contribution in [3.05, 3.63) is 77.2 Å². The molecule has 0 amide bonds. The number of hydrogen-bond donors (Lipinski definition) is 0. The molecule has 2 heterocycles. The van der Waals surface area contributed by atoms with Crippen LogP contribution in [0.4, 0.5) is 0 Å². The lowest BCUT2D eigenvalue weighted by Crippen LogP contribution is -2.04. The smallest absolute Gasteiger partial charge is 0.319 e. The van der Waals surface area contributed by atoms with E-state index in [1.807, 2.05) is 55.6 Å². The van der Waals surface area contributed by atoms with Crippen LogP contribution in [0.25, 0.3) is 0 Å². The van der Waals surface area contributed by atoms with E-state index in [9.17, 15) is 0 Å². The molecule has 1 aromatic carbocycles. The Bertz CT molecular complexity index is 789. The summed E-state index contributed by atoms with van der Waals surface area (Å²) in [4.78, 5) is 12.9. The van der Waals surface area contributed by atoms with Gasteiger partial charge in [0.05, 0.1) is 7.11 Å². The van der Waals surface area contributed by atoms with E-state index < -0.39 is 0 Å². The summed E-state index contributed by atoms with van der Waals surface area (Å²) in [5.74, 6) is 0.534. The van der Waals surface area contributed by atoms with E-state index in [2.05, 4.69) is 15.0 Å². The largest absolute Gasteiger partial charge is 0.472 e. The Kier molecular flexibility index (Phi) is 5.01. The van der Waals surface area contributed by atoms with Gasteiger partial charge in [-0.15, -0.1) is 0 Å². The van der Waals surface area contributed by atoms with Gasteiger partial charge in [-0.05, 0) is 24.1 Å². The zero-order valence-corrected chi connectivity index (χ0v) is 13.8. The molecule has 0 aliphatic carbocycles. The van der Waals surface area contributed by atoms with Gasteiger partial charge in [0.2, 0.25) is 5.88 Å². The number of rotatable bonds is 6. The van der Waals surface area contributed by atoms with Gasteiger partial charge in [0.15, 0.2) is 0 Å². The minimum atomic E-state index is 0.295. The summed E-state index contributed by atoms with van der Waals surface area (Å²) in [5.41, 5.74) is 4.06. The average Bonchev–Trinajstić information content (AvgIpc) is 2.63. The Morgan fingerprint density at radius 1 is 0.917 bits per heavy atom. The Balaban J connectivity index is 1.81. The van der Waals surface area contributed by atoms with Crippen molar-refractivity contribution < 1.29 is 9.47 Å². The number of benzene rings is 1. The third-order valence-corrected chi connectivity index (χ3v) is 3.57. The van der Waals surface area contributed by atoms with Gasteiger partial charge in [-0.25, -0.2) is 4.98 Å².